The van der Waals surface area contributed by atoms with Crippen molar-refractivity contribution in [1.82, 2.24) is 15.2 Å². The highest BCUT2D eigenvalue weighted by atomic mass is 16.5. The van der Waals surface area contributed by atoms with E-state index in [9.17, 15) is 0 Å². The van der Waals surface area contributed by atoms with Crippen LogP contribution in [0.4, 0.5) is 11.6 Å². The van der Waals surface area contributed by atoms with Gasteiger partial charge in [-0.05, 0) is 49.4 Å². The fourth-order valence-electron chi connectivity index (χ4n) is 3.58. The number of ether oxygens (including phenoxy) is 1. The van der Waals surface area contributed by atoms with Gasteiger partial charge in [-0.1, -0.05) is 12.8 Å². The molecule has 0 bridgehead atoms. The Bertz CT molecular complexity index is 865. The molecule has 3 aromatic rings. The Balaban J connectivity index is 1.80. The van der Waals surface area contributed by atoms with Gasteiger partial charge in [-0.25, -0.2) is 4.98 Å². The van der Waals surface area contributed by atoms with Crippen molar-refractivity contribution in [1.29, 1.82) is 0 Å². The molecule has 0 spiro atoms. The van der Waals surface area contributed by atoms with Crippen LogP contribution in [0.15, 0.2) is 30.3 Å². The summed E-state index contributed by atoms with van der Waals surface area (Å²) in [7, 11) is 1.70. The first-order valence-corrected chi connectivity index (χ1v) is 8.50. The average molecular weight is 322 g/mol. The molecule has 0 atom stereocenters. The largest absolute Gasteiger partial charge is 0.497 e. The number of nitrogens with zero attached hydrogens (tertiary/aromatic N) is 2. The van der Waals surface area contributed by atoms with Crippen molar-refractivity contribution in [2.45, 2.75) is 38.5 Å². The van der Waals surface area contributed by atoms with Crippen LogP contribution in [-0.2, 0) is 0 Å². The van der Waals surface area contributed by atoms with E-state index in [1.165, 1.54) is 36.8 Å². The zero-order chi connectivity index (χ0) is 16.5. The molecule has 4 rings (SSSR count). The maximum atomic E-state index is 5.39. The minimum absolute atomic E-state index is 0.545. The van der Waals surface area contributed by atoms with E-state index >= 15 is 0 Å². The van der Waals surface area contributed by atoms with Gasteiger partial charge in [-0.15, -0.1) is 0 Å². The first-order chi connectivity index (χ1) is 11.7. The predicted octanol–water partition coefficient (Wildman–Crippen LogP) is 4.68. The molecule has 1 fully saturated rings. The lowest BCUT2D eigenvalue weighted by molar-refractivity contribution is 0.415. The summed E-state index contributed by atoms with van der Waals surface area (Å²) in [5, 5.41) is 12.9. The highest BCUT2D eigenvalue weighted by Crippen LogP contribution is 2.38. The number of rotatable bonds is 4. The first-order valence-electron chi connectivity index (χ1n) is 8.50. The average Bonchev–Trinajstić information content (AvgIpc) is 3.25. The van der Waals surface area contributed by atoms with E-state index in [2.05, 4.69) is 33.7 Å². The van der Waals surface area contributed by atoms with Crippen molar-refractivity contribution < 1.29 is 4.74 Å². The Morgan fingerprint density at radius 3 is 2.67 bits per heavy atom. The molecule has 24 heavy (non-hydrogen) atoms. The normalized spacial score (nSPS) is 15.1. The molecule has 2 aromatic heterocycles. The second-order valence-electron chi connectivity index (χ2n) is 6.52. The van der Waals surface area contributed by atoms with Gasteiger partial charge in [0.05, 0.1) is 12.8 Å². The number of hydrogen-bond donors (Lipinski definition) is 2. The summed E-state index contributed by atoms with van der Waals surface area (Å²) in [6.07, 6.45) is 5.03. The van der Waals surface area contributed by atoms with Gasteiger partial charge in [0.2, 0.25) is 0 Å². The van der Waals surface area contributed by atoms with Gasteiger partial charge in [0.25, 0.3) is 0 Å². The van der Waals surface area contributed by atoms with Crippen molar-refractivity contribution in [2.75, 3.05) is 12.4 Å². The first kappa shape index (κ1) is 15.0. The third kappa shape index (κ3) is 2.82. The molecule has 124 valence electrons. The molecule has 1 aromatic carbocycles. The Labute approximate surface area is 141 Å². The number of aromatic amines is 1. The third-order valence-electron chi connectivity index (χ3n) is 4.77. The van der Waals surface area contributed by atoms with E-state index < -0.39 is 0 Å². The Morgan fingerprint density at radius 2 is 1.96 bits per heavy atom. The van der Waals surface area contributed by atoms with Gasteiger partial charge in [-0.3, -0.25) is 5.10 Å². The van der Waals surface area contributed by atoms with Gasteiger partial charge in [-0.2, -0.15) is 5.10 Å². The summed E-state index contributed by atoms with van der Waals surface area (Å²) >= 11 is 0. The predicted molar refractivity (Wildman–Crippen MR) is 96.1 cm³/mol. The van der Waals surface area contributed by atoms with Gasteiger partial charge in [0.1, 0.15) is 11.6 Å². The Hall–Kier alpha value is -2.56. The summed E-state index contributed by atoms with van der Waals surface area (Å²) in [5.74, 6) is 3.04. The molecule has 0 radical (unpaired) electrons. The van der Waals surface area contributed by atoms with Gasteiger partial charge < -0.3 is 10.1 Å². The van der Waals surface area contributed by atoms with Crippen molar-refractivity contribution in [3.05, 3.63) is 41.7 Å². The lowest BCUT2D eigenvalue weighted by atomic mass is 9.97. The number of nitrogens with one attached hydrogen (secondary N) is 2. The van der Waals surface area contributed by atoms with E-state index in [1.807, 2.05) is 19.1 Å². The maximum absolute atomic E-state index is 5.39. The quantitative estimate of drug-likeness (QED) is 0.732. The molecule has 2 heterocycles. The monoisotopic (exact) mass is 322 g/mol. The van der Waals surface area contributed by atoms with E-state index in [0.29, 0.717) is 5.92 Å². The lowest BCUT2D eigenvalue weighted by Crippen LogP contribution is -2.02. The molecule has 0 unspecified atom stereocenters. The topological polar surface area (TPSA) is 62.8 Å². The number of fused-ring (bicyclic) bond motifs is 1. The van der Waals surface area contributed by atoms with E-state index in [-0.39, 0.29) is 0 Å². The summed E-state index contributed by atoms with van der Waals surface area (Å²) in [6, 6.07) is 10.3. The van der Waals surface area contributed by atoms with Crippen LogP contribution in [0.25, 0.3) is 10.8 Å². The highest BCUT2D eigenvalue weighted by Gasteiger charge is 2.21. The van der Waals surface area contributed by atoms with Crippen LogP contribution < -0.4 is 10.1 Å². The number of H-pyrrole nitrogens is 1. The zero-order valence-corrected chi connectivity index (χ0v) is 14.1. The molecule has 0 aliphatic heterocycles. The maximum Gasteiger partial charge on any atom is 0.153 e. The minimum atomic E-state index is 0.545. The summed E-state index contributed by atoms with van der Waals surface area (Å²) in [6.45, 7) is 1.99. The molecule has 0 amide bonds. The van der Waals surface area contributed by atoms with Crippen LogP contribution in [0.2, 0.25) is 0 Å². The molecule has 1 aliphatic carbocycles. The molecule has 5 nitrogen and oxygen atoms in total. The van der Waals surface area contributed by atoms with Crippen molar-refractivity contribution >= 4 is 22.4 Å². The fraction of sp³-hybridized carbons (Fsp3) is 0.368. The summed E-state index contributed by atoms with van der Waals surface area (Å²) < 4.78 is 5.39. The number of benzene rings is 1. The van der Waals surface area contributed by atoms with E-state index in [4.69, 9.17) is 9.72 Å². The number of aromatic nitrogens is 3. The number of methoxy groups -OCH3 is 1. The molecular formula is C19H22N4O. The smallest absolute Gasteiger partial charge is 0.153 e. The molecule has 2 N–H and O–H groups in total. The van der Waals surface area contributed by atoms with Crippen molar-refractivity contribution in [3.63, 3.8) is 0 Å². The molecule has 1 aliphatic rings. The van der Waals surface area contributed by atoms with Crippen molar-refractivity contribution in [2.24, 2.45) is 0 Å². The summed E-state index contributed by atoms with van der Waals surface area (Å²) in [5.41, 5.74) is 2.22. The van der Waals surface area contributed by atoms with Gasteiger partial charge >= 0.3 is 0 Å². The fourth-order valence-corrected chi connectivity index (χ4v) is 3.58. The SMILES string of the molecule is COc1ccc2c(C3CCCC3)nc(Nc3cc(C)[nH]n3)cc2c1. The van der Waals surface area contributed by atoms with Crippen LogP contribution in [0, 0.1) is 6.92 Å². The second kappa shape index (κ2) is 6.15. The van der Waals surface area contributed by atoms with Crippen LogP contribution in [0.1, 0.15) is 43.0 Å². The standard InChI is InChI=1S/C19H22N4O/c1-12-9-18(23-22-12)20-17-11-14-10-15(24-2)7-8-16(14)19(21-17)13-5-3-4-6-13/h7-11,13H,3-6H2,1-2H3,(H2,20,21,22,23). The highest BCUT2D eigenvalue weighted by molar-refractivity contribution is 5.89. The summed E-state index contributed by atoms with van der Waals surface area (Å²) in [4.78, 5) is 4.94. The molecule has 5 heteroatoms. The van der Waals surface area contributed by atoms with E-state index in [1.54, 1.807) is 7.11 Å². The second-order valence-corrected chi connectivity index (χ2v) is 6.52. The number of hydrogen-bond acceptors (Lipinski definition) is 4. The van der Waals surface area contributed by atoms with Crippen LogP contribution in [0.5, 0.6) is 5.75 Å². The lowest BCUT2D eigenvalue weighted by Gasteiger charge is -2.15. The zero-order valence-electron chi connectivity index (χ0n) is 14.1. The van der Waals surface area contributed by atoms with E-state index in [0.717, 1.165) is 28.5 Å². The number of pyridine rings is 1. The Morgan fingerprint density at radius 1 is 1.12 bits per heavy atom. The number of anilines is 2. The van der Waals surface area contributed by atoms with Crippen LogP contribution >= 0.6 is 0 Å². The minimum Gasteiger partial charge on any atom is -0.497 e. The third-order valence-corrected chi connectivity index (χ3v) is 4.77. The van der Waals surface area contributed by atoms with Crippen LogP contribution in [0.3, 0.4) is 0 Å². The van der Waals surface area contributed by atoms with Crippen molar-refractivity contribution in [3.8, 4) is 5.75 Å². The number of aryl methyl sites for hydroxylation is 1. The Kier molecular flexibility index (Phi) is 3.84. The molecular weight excluding hydrogens is 300 g/mol. The molecule has 1 saturated carbocycles. The van der Waals surface area contributed by atoms with Gasteiger partial charge in [0.15, 0.2) is 5.82 Å². The van der Waals surface area contributed by atoms with Gasteiger partial charge in [0, 0.05) is 23.1 Å². The molecule has 0 saturated heterocycles. The van der Waals surface area contributed by atoms with Crippen LogP contribution in [-0.4, -0.2) is 22.3 Å².